The number of nitro benzene ring substituents is 1. The first kappa shape index (κ1) is 17.8. The van der Waals surface area contributed by atoms with Gasteiger partial charge in [-0.2, -0.15) is 0 Å². The van der Waals surface area contributed by atoms with Gasteiger partial charge in [0.2, 0.25) is 5.78 Å². The van der Waals surface area contributed by atoms with Crippen molar-refractivity contribution in [1.29, 1.82) is 0 Å². The van der Waals surface area contributed by atoms with Crippen LogP contribution < -0.4 is 11.1 Å². The second kappa shape index (κ2) is 6.70. The molecule has 3 N–H and O–H groups in total. The summed E-state index contributed by atoms with van der Waals surface area (Å²) in [5.41, 5.74) is 5.99. The molecule has 0 aliphatic heterocycles. The third kappa shape index (κ3) is 3.22. The van der Waals surface area contributed by atoms with E-state index in [9.17, 15) is 14.9 Å². The number of rotatable bonds is 5. The molecule has 7 nitrogen and oxygen atoms in total. The summed E-state index contributed by atoms with van der Waals surface area (Å²) >= 11 is 12.0. The predicted octanol–water partition coefficient (Wildman–Crippen LogP) is 4.72. The van der Waals surface area contributed by atoms with E-state index in [2.05, 4.69) is 11.9 Å². The molecule has 0 saturated carbocycles. The third-order valence-electron chi connectivity index (χ3n) is 3.55. The van der Waals surface area contributed by atoms with Crippen molar-refractivity contribution in [2.24, 2.45) is 5.73 Å². The van der Waals surface area contributed by atoms with E-state index in [0.29, 0.717) is 10.4 Å². The number of ketones is 1. The number of carbonyl (C=O) groups excluding carboxylic acids is 1. The van der Waals surface area contributed by atoms with Gasteiger partial charge in [-0.15, -0.1) is 0 Å². The number of nitro groups is 1. The first-order chi connectivity index (χ1) is 12.3. The van der Waals surface area contributed by atoms with Crippen molar-refractivity contribution in [2.45, 2.75) is 0 Å². The highest BCUT2D eigenvalue weighted by atomic mass is 35.5. The van der Waals surface area contributed by atoms with Gasteiger partial charge in [-0.05, 0) is 24.3 Å². The van der Waals surface area contributed by atoms with Gasteiger partial charge in [-0.3, -0.25) is 14.9 Å². The molecule has 26 heavy (non-hydrogen) atoms. The summed E-state index contributed by atoms with van der Waals surface area (Å²) in [6, 6.07) is 8.39. The number of nitrogens with zero attached hydrogens (tertiary/aromatic N) is 1. The summed E-state index contributed by atoms with van der Waals surface area (Å²) in [5.74, 6) is -0.562. The second-order valence-corrected chi connectivity index (χ2v) is 6.19. The van der Waals surface area contributed by atoms with Crippen molar-refractivity contribution in [3.63, 3.8) is 0 Å². The van der Waals surface area contributed by atoms with Crippen LogP contribution in [0.1, 0.15) is 16.1 Å². The lowest BCUT2D eigenvalue weighted by Crippen LogP contribution is -2.10. The number of anilines is 1. The Balaban J connectivity index is 2.21. The number of halogens is 2. The summed E-state index contributed by atoms with van der Waals surface area (Å²) in [6.45, 7) is 3.55. The molecule has 0 radical (unpaired) electrons. The normalized spacial score (nSPS) is 10.7. The maximum absolute atomic E-state index is 12.9. The number of benzene rings is 2. The van der Waals surface area contributed by atoms with E-state index in [1.807, 2.05) is 0 Å². The highest BCUT2D eigenvalue weighted by Crippen LogP contribution is 2.36. The van der Waals surface area contributed by atoms with Crippen LogP contribution in [0.4, 0.5) is 11.4 Å². The molecule has 0 spiro atoms. The van der Waals surface area contributed by atoms with Crippen LogP contribution in [0.15, 0.2) is 53.2 Å². The fourth-order valence-corrected chi connectivity index (χ4v) is 2.93. The minimum atomic E-state index is -0.561. The zero-order valence-corrected chi connectivity index (χ0v) is 14.6. The van der Waals surface area contributed by atoms with Gasteiger partial charge >= 0.3 is 0 Å². The van der Waals surface area contributed by atoms with Gasteiger partial charge in [0.15, 0.2) is 5.76 Å². The largest absolute Gasteiger partial charge is 0.450 e. The average Bonchev–Trinajstić information content (AvgIpc) is 2.91. The van der Waals surface area contributed by atoms with Crippen LogP contribution in [0.3, 0.4) is 0 Å². The number of hydrogen-bond acceptors (Lipinski definition) is 6. The Bertz CT molecular complexity index is 1080. The molecule has 0 fully saturated rings. The Hall–Kier alpha value is -3.03. The molecule has 132 valence electrons. The van der Waals surface area contributed by atoms with E-state index in [1.54, 1.807) is 0 Å². The Morgan fingerprint density at radius 1 is 1.23 bits per heavy atom. The number of furan rings is 1. The first-order valence-electron chi connectivity index (χ1n) is 7.20. The lowest BCUT2D eigenvalue weighted by Gasteiger charge is -2.07. The second-order valence-electron chi connectivity index (χ2n) is 5.35. The molecule has 0 saturated heterocycles. The molecular weight excluding hydrogens is 381 g/mol. The Morgan fingerprint density at radius 2 is 1.96 bits per heavy atom. The van der Waals surface area contributed by atoms with Crippen molar-refractivity contribution in [1.82, 2.24) is 0 Å². The monoisotopic (exact) mass is 391 g/mol. The number of non-ortho nitro benzene ring substituents is 1. The van der Waals surface area contributed by atoms with E-state index in [-0.39, 0.29) is 39.1 Å². The lowest BCUT2D eigenvalue weighted by molar-refractivity contribution is -0.384. The molecule has 3 rings (SSSR count). The lowest BCUT2D eigenvalue weighted by atomic mass is 10.1. The fourth-order valence-electron chi connectivity index (χ4n) is 2.44. The SMILES string of the molecule is C=C(N)Nc1c(C(=O)c2ccc(Cl)cc2Cl)oc2cc([N+](=O)[O-])ccc12. The van der Waals surface area contributed by atoms with Crippen molar-refractivity contribution < 1.29 is 14.1 Å². The van der Waals surface area contributed by atoms with Crippen LogP contribution in [-0.4, -0.2) is 10.7 Å². The molecule has 0 aliphatic carbocycles. The highest BCUT2D eigenvalue weighted by molar-refractivity contribution is 6.37. The number of nitrogens with two attached hydrogens (primary N) is 1. The van der Waals surface area contributed by atoms with Crippen LogP contribution in [0.2, 0.25) is 10.0 Å². The van der Waals surface area contributed by atoms with E-state index in [4.69, 9.17) is 33.4 Å². The molecular formula is C17H11Cl2N3O4. The van der Waals surface area contributed by atoms with Gasteiger partial charge in [0.25, 0.3) is 5.69 Å². The van der Waals surface area contributed by atoms with Crippen molar-refractivity contribution in [3.8, 4) is 0 Å². The van der Waals surface area contributed by atoms with Crippen LogP contribution in [0, 0.1) is 10.1 Å². The Labute approximate surface area is 157 Å². The van der Waals surface area contributed by atoms with E-state index < -0.39 is 10.7 Å². The number of nitrogens with one attached hydrogen (secondary N) is 1. The van der Waals surface area contributed by atoms with Crippen molar-refractivity contribution in [2.75, 3.05) is 5.32 Å². The topological polar surface area (TPSA) is 111 Å². The maximum atomic E-state index is 12.9. The molecule has 1 heterocycles. The zero-order chi connectivity index (χ0) is 19.0. The molecule has 1 aromatic heterocycles. The zero-order valence-electron chi connectivity index (χ0n) is 13.1. The van der Waals surface area contributed by atoms with Crippen LogP contribution in [0.5, 0.6) is 0 Å². The minimum absolute atomic E-state index is 0.0716. The Kier molecular flexibility index (Phi) is 4.58. The van der Waals surface area contributed by atoms with Crippen molar-refractivity contribution in [3.05, 3.63) is 80.3 Å². The van der Waals surface area contributed by atoms with Gasteiger partial charge in [0.05, 0.1) is 27.5 Å². The van der Waals surface area contributed by atoms with Gasteiger partial charge in [0, 0.05) is 22.0 Å². The minimum Gasteiger partial charge on any atom is -0.450 e. The molecule has 2 aromatic carbocycles. The smallest absolute Gasteiger partial charge is 0.273 e. The number of hydrogen-bond donors (Lipinski definition) is 2. The average molecular weight is 392 g/mol. The summed E-state index contributed by atoms with van der Waals surface area (Å²) in [5, 5.41) is 14.7. The van der Waals surface area contributed by atoms with Crippen LogP contribution >= 0.6 is 23.2 Å². The van der Waals surface area contributed by atoms with E-state index >= 15 is 0 Å². The summed E-state index contributed by atoms with van der Waals surface area (Å²) in [6.07, 6.45) is 0. The maximum Gasteiger partial charge on any atom is 0.273 e. The molecule has 9 heteroatoms. The fraction of sp³-hybridized carbons (Fsp3) is 0. The first-order valence-corrected chi connectivity index (χ1v) is 7.95. The summed E-state index contributed by atoms with van der Waals surface area (Å²) < 4.78 is 5.59. The number of carbonyl (C=O) groups is 1. The van der Waals surface area contributed by atoms with Gasteiger partial charge < -0.3 is 15.5 Å². The third-order valence-corrected chi connectivity index (χ3v) is 4.10. The molecule has 0 aliphatic rings. The molecule has 0 atom stereocenters. The molecule has 0 unspecified atom stereocenters. The molecule has 3 aromatic rings. The van der Waals surface area contributed by atoms with E-state index in [0.717, 1.165) is 0 Å². The molecule has 0 amide bonds. The summed E-state index contributed by atoms with van der Waals surface area (Å²) in [4.78, 5) is 23.3. The van der Waals surface area contributed by atoms with Crippen LogP contribution in [-0.2, 0) is 0 Å². The van der Waals surface area contributed by atoms with Gasteiger partial charge in [-0.25, -0.2) is 0 Å². The quantitative estimate of drug-likeness (QED) is 0.369. The number of fused-ring (bicyclic) bond motifs is 1. The van der Waals surface area contributed by atoms with Gasteiger partial charge in [-0.1, -0.05) is 29.8 Å². The van der Waals surface area contributed by atoms with E-state index in [1.165, 1.54) is 36.4 Å². The Morgan fingerprint density at radius 3 is 2.58 bits per heavy atom. The van der Waals surface area contributed by atoms with Gasteiger partial charge in [0.1, 0.15) is 5.58 Å². The predicted molar refractivity (Wildman–Crippen MR) is 99.7 cm³/mol. The highest BCUT2D eigenvalue weighted by Gasteiger charge is 2.25. The summed E-state index contributed by atoms with van der Waals surface area (Å²) in [7, 11) is 0. The van der Waals surface area contributed by atoms with Crippen LogP contribution in [0.25, 0.3) is 11.0 Å². The van der Waals surface area contributed by atoms with Crippen molar-refractivity contribution >= 4 is 51.3 Å². The standard InChI is InChI=1S/C17H11Cl2N3O4/c1-8(20)21-15-12-5-3-10(22(24)25)7-14(12)26-17(15)16(23)11-4-2-9(18)6-13(11)19/h2-7,21H,1,20H2. The molecule has 0 bridgehead atoms.